The smallest absolute Gasteiger partial charge is 0.303 e. The summed E-state index contributed by atoms with van der Waals surface area (Å²) in [5.74, 6) is -1.42. The number of nitrogens with zero attached hydrogens (tertiary/aromatic N) is 1. The molecular formula is C35H30F2N2O4. The molecule has 218 valence electrons. The molecule has 4 aromatic carbocycles. The lowest BCUT2D eigenvalue weighted by Crippen LogP contribution is -2.11. The second-order valence-corrected chi connectivity index (χ2v) is 10.2. The van der Waals surface area contributed by atoms with E-state index in [0.717, 1.165) is 33.2 Å². The van der Waals surface area contributed by atoms with Gasteiger partial charge in [0.15, 0.2) is 0 Å². The Balaban J connectivity index is 1.37. The van der Waals surface area contributed by atoms with Crippen LogP contribution in [0.3, 0.4) is 0 Å². The highest BCUT2D eigenvalue weighted by atomic mass is 19.1. The highest BCUT2D eigenvalue weighted by Gasteiger charge is 2.19. The van der Waals surface area contributed by atoms with Gasteiger partial charge in [-0.2, -0.15) is 0 Å². The molecule has 0 spiro atoms. The largest absolute Gasteiger partial charge is 0.491 e. The number of carbonyl (C=O) groups excluding carboxylic acids is 1. The average molecular weight is 581 g/mol. The fourth-order valence-corrected chi connectivity index (χ4v) is 4.99. The number of amides is 1. The summed E-state index contributed by atoms with van der Waals surface area (Å²) in [7, 11) is 0. The van der Waals surface area contributed by atoms with Gasteiger partial charge < -0.3 is 19.7 Å². The summed E-state index contributed by atoms with van der Waals surface area (Å²) < 4.78 is 35.2. The summed E-state index contributed by atoms with van der Waals surface area (Å²) in [6.45, 7) is 2.07. The third kappa shape index (κ3) is 7.16. The standard InChI is InChI=1S/C35H30F2N2O4/c1-23(21-33(40)38-30-5-2-3-6-32(30)43-20-4-7-34(41)42)26-12-17-31-27(22-26)18-19-39(31)35(24-8-13-28(36)14-9-24)25-10-15-29(37)16-11-25/h2-3,5-6,8-19,21-22,35H,4,7,20H2,1H3,(H,38,40)(H,41,42). The van der Waals surface area contributed by atoms with E-state index in [9.17, 15) is 18.4 Å². The molecule has 1 heterocycles. The van der Waals surface area contributed by atoms with Crippen LogP contribution < -0.4 is 10.1 Å². The Morgan fingerprint density at radius 1 is 0.907 bits per heavy atom. The van der Waals surface area contributed by atoms with Gasteiger partial charge in [-0.25, -0.2) is 8.78 Å². The molecule has 2 N–H and O–H groups in total. The summed E-state index contributed by atoms with van der Waals surface area (Å²) in [6, 6.07) is 27.2. The molecule has 0 radical (unpaired) electrons. The molecule has 8 heteroatoms. The first kappa shape index (κ1) is 29.3. The van der Waals surface area contributed by atoms with Crippen molar-refractivity contribution in [3.8, 4) is 5.75 Å². The number of carbonyl (C=O) groups is 2. The van der Waals surface area contributed by atoms with E-state index in [1.807, 2.05) is 37.4 Å². The first-order valence-electron chi connectivity index (χ1n) is 13.8. The van der Waals surface area contributed by atoms with Crippen LogP contribution in [-0.4, -0.2) is 28.2 Å². The van der Waals surface area contributed by atoms with Crippen molar-refractivity contribution < 1.29 is 28.2 Å². The zero-order chi connectivity index (χ0) is 30.3. The molecule has 0 saturated heterocycles. The Morgan fingerprint density at radius 2 is 1.56 bits per heavy atom. The number of fused-ring (bicyclic) bond motifs is 1. The third-order valence-corrected chi connectivity index (χ3v) is 7.11. The minimum atomic E-state index is -0.888. The van der Waals surface area contributed by atoms with Crippen LogP contribution in [0, 0.1) is 11.6 Å². The molecule has 0 aliphatic heterocycles. The van der Waals surface area contributed by atoms with Crippen LogP contribution in [0.2, 0.25) is 0 Å². The number of ether oxygens (including phenoxy) is 1. The summed E-state index contributed by atoms with van der Waals surface area (Å²) >= 11 is 0. The van der Waals surface area contributed by atoms with Crippen molar-refractivity contribution in [2.45, 2.75) is 25.8 Å². The van der Waals surface area contributed by atoms with E-state index in [1.165, 1.54) is 30.3 Å². The molecule has 1 amide bonds. The van der Waals surface area contributed by atoms with Crippen molar-refractivity contribution in [1.29, 1.82) is 0 Å². The van der Waals surface area contributed by atoms with Gasteiger partial charge in [-0.1, -0.05) is 42.5 Å². The number of rotatable bonds is 11. The van der Waals surface area contributed by atoms with Gasteiger partial charge in [0.25, 0.3) is 0 Å². The van der Waals surface area contributed by atoms with Gasteiger partial charge in [0, 0.05) is 29.6 Å². The van der Waals surface area contributed by atoms with Gasteiger partial charge in [-0.15, -0.1) is 0 Å². The molecule has 0 aliphatic rings. The number of halogens is 2. The van der Waals surface area contributed by atoms with E-state index in [2.05, 4.69) is 9.88 Å². The van der Waals surface area contributed by atoms with Crippen molar-refractivity contribution in [2.75, 3.05) is 11.9 Å². The molecule has 0 aliphatic carbocycles. The van der Waals surface area contributed by atoms with E-state index < -0.39 is 5.97 Å². The zero-order valence-corrected chi connectivity index (χ0v) is 23.5. The number of nitrogens with one attached hydrogen (secondary N) is 1. The van der Waals surface area contributed by atoms with E-state index in [-0.39, 0.29) is 36.6 Å². The maximum Gasteiger partial charge on any atom is 0.303 e. The molecule has 5 aromatic rings. The monoisotopic (exact) mass is 580 g/mol. The lowest BCUT2D eigenvalue weighted by atomic mass is 9.98. The topological polar surface area (TPSA) is 80.6 Å². The van der Waals surface area contributed by atoms with E-state index in [4.69, 9.17) is 9.84 Å². The Kier molecular flexibility index (Phi) is 8.96. The first-order chi connectivity index (χ1) is 20.8. The zero-order valence-electron chi connectivity index (χ0n) is 23.5. The fraction of sp³-hybridized carbons (Fsp3) is 0.143. The highest BCUT2D eigenvalue weighted by molar-refractivity contribution is 6.05. The SMILES string of the molecule is CC(=CC(=O)Nc1ccccc1OCCCC(=O)O)c1ccc2c(ccn2C(c2ccc(F)cc2)c2ccc(F)cc2)c1. The van der Waals surface area contributed by atoms with E-state index in [1.54, 1.807) is 48.5 Å². The van der Waals surface area contributed by atoms with Gasteiger partial charge in [0.1, 0.15) is 17.4 Å². The number of para-hydroxylation sites is 2. The molecular weight excluding hydrogens is 550 g/mol. The van der Waals surface area contributed by atoms with Crippen LogP contribution in [0.5, 0.6) is 5.75 Å². The van der Waals surface area contributed by atoms with Crippen molar-refractivity contribution in [3.05, 3.63) is 138 Å². The van der Waals surface area contributed by atoms with Crippen LogP contribution in [0.25, 0.3) is 16.5 Å². The number of anilines is 1. The second-order valence-electron chi connectivity index (χ2n) is 10.2. The molecule has 1 aromatic heterocycles. The fourth-order valence-electron chi connectivity index (χ4n) is 4.99. The summed E-state index contributed by atoms with van der Waals surface area (Å²) in [5.41, 5.74) is 4.74. The van der Waals surface area contributed by atoms with Crippen molar-refractivity contribution >= 4 is 34.0 Å². The Bertz CT molecular complexity index is 1730. The maximum absolute atomic E-state index is 13.7. The summed E-state index contributed by atoms with van der Waals surface area (Å²) in [6.07, 6.45) is 3.82. The molecule has 0 atom stereocenters. The predicted molar refractivity (Wildman–Crippen MR) is 163 cm³/mol. The highest BCUT2D eigenvalue weighted by Crippen LogP contribution is 2.33. The normalized spacial score (nSPS) is 11.6. The van der Waals surface area contributed by atoms with Gasteiger partial charge in [0.05, 0.1) is 18.3 Å². The lowest BCUT2D eigenvalue weighted by molar-refractivity contribution is -0.137. The van der Waals surface area contributed by atoms with Crippen LogP contribution in [0.15, 0.2) is 109 Å². The van der Waals surface area contributed by atoms with E-state index >= 15 is 0 Å². The first-order valence-corrected chi connectivity index (χ1v) is 13.8. The van der Waals surface area contributed by atoms with Gasteiger partial charge in [-0.05, 0) is 90.2 Å². The number of aromatic nitrogens is 1. The molecule has 0 bridgehead atoms. The lowest BCUT2D eigenvalue weighted by Gasteiger charge is -2.22. The number of aliphatic carboxylic acids is 1. The number of allylic oxidation sites excluding steroid dienone is 1. The van der Waals surface area contributed by atoms with Gasteiger partial charge >= 0.3 is 5.97 Å². The predicted octanol–water partition coefficient (Wildman–Crippen LogP) is 7.84. The van der Waals surface area contributed by atoms with Crippen molar-refractivity contribution in [3.63, 3.8) is 0 Å². The quantitative estimate of drug-likeness (QED) is 0.123. The number of carboxylic acid groups (broad SMARTS) is 1. The minimum absolute atomic E-state index is 0.00329. The molecule has 0 fully saturated rings. The van der Waals surface area contributed by atoms with Crippen LogP contribution in [-0.2, 0) is 9.59 Å². The molecule has 6 nitrogen and oxygen atoms in total. The van der Waals surface area contributed by atoms with Crippen molar-refractivity contribution in [2.24, 2.45) is 0 Å². The molecule has 5 rings (SSSR count). The summed E-state index contributed by atoms with van der Waals surface area (Å²) in [5, 5.41) is 12.6. The number of carboxylic acids is 1. The third-order valence-electron chi connectivity index (χ3n) is 7.11. The molecule has 0 saturated carbocycles. The van der Waals surface area contributed by atoms with Gasteiger partial charge in [0.2, 0.25) is 5.91 Å². The van der Waals surface area contributed by atoms with Crippen LogP contribution in [0.1, 0.15) is 42.5 Å². The van der Waals surface area contributed by atoms with Crippen molar-refractivity contribution in [1.82, 2.24) is 4.57 Å². The van der Waals surface area contributed by atoms with Crippen LogP contribution in [0.4, 0.5) is 14.5 Å². The Hall–Kier alpha value is -5.24. The maximum atomic E-state index is 13.7. The summed E-state index contributed by atoms with van der Waals surface area (Å²) in [4.78, 5) is 23.6. The Morgan fingerprint density at radius 3 is 2.21 bits per heavy atom. The number of hydrogen-bond donors (Lipinski definition) is 2. The Labute approximate surface area is 247 Å². The average Bonchev–Trinajstić information content (AvgIpc) is 3.41. The minimum Gasteiger partial charge on any atom is -0.491 e. The number of benzene rings is 4. The number of hydrogen-bond acceptors (Lipinski definition) is 3. The van der Waals surface area contributed by atoms with Crippen LogP contribution >= 0.6 is 0 Å². The van der Waals surface area contributed by atoms with Gasteiger partial charge in [-0.3, -0.25) is 9.59 Å². The molecule has 0 unspecified atom stereocenters. The molecule has 43 heavy (non-hydrogen) atoms. The van der Waals surface area contributed by atoms with E-state index in [0.29, 0.717) is 17.9 Å². The second kappa shape index (κ2) is 13.2.